The molecule has 3 N–H and O–H groups in total. The van der Waals surface area contributed by atoms with Gasteiger partial charge in [0.15, 0.2) is 0 Å². The second kappa shape index (κ2) is 9.69. The van der Waals surface area contributed by atoms with E-state index in [9.17, 15) is 0 Å². The molecule has 0 amide bonds. The van der Waals surface area contributed by atoms with Crippen molar-refractivity contribution >= 4 is 11.3 Å². The van der Waals surface area contributed by atoms with Crippen LogP contribution in [0.25, 0.3) is 10.6 Å². The van der Waals surface area contributed by atoms with Gasteiger partial charge in [-0.25, -0.2) is 4.98 Å². The first kappa shape index (κ1) is 19.6. The van der Waals surface area contributed by atoms with Crippen molar-refractivity contribution < 1.29 is 0 Å². The molecule has 0 spiro atoms. The van der Waals surface area contributed by atoms with Gasteiger partial charge in [-0.15, -0.1) is 11.3 Å². The number of thiazole rings is 1. The molecule has 0 aliphatic carbocycles. The maximum absolute atomic E-state index is 5.75. The molecule has 5 nitrogen and oxygen atoms in total. The van der Waals surface area contributed by atoms with Gasteiger partial charge in [-0.2, -0.15) is 0 Å². The molecular weight excluding hydrogens is 354 g/mol. The number of aromatic nitrogens is 3. The topological polar surface area (TPSA) is 76.7 Å². The van der Waals surface area contributed by atoms with E-state index in [-0.39, 0.29) is 0 Å². The van der Waals surface area contributed by atoms with Gasteiger partial charge in [0.05, 0.1) is 5.69 Å². The minimum absolute atomic E-state index is 0.314. The Hall–Kier alpha value is -2.15. The number of nitrogens with one attached hydrogen (secondary N) is 1. The maximum Gasteiger partial charge on any atom is 0.125 e. The van der Waals surface area contributed by atoms with Gasteiger partial charge in [0.1, 0.15) is 5.01 Å². The largest absolute Gasteiger partial charge is 0.330 e. The van der Waals surface area contributed by atoms with E-state index < -0.39 is 0 Å². The molecule has 0 aliphatic rings. The molecule has 27 heavy (non-hydrogen) atoms. The summed E-state index contributed by atoms with van der Waals surface area (Å²) in [7, 11) is 0. The van der Waals surface area contributed by atoms with Crippen LogP contribution in [0.15, 0.2) is 42.2 Å². The lowest BCUT2D eigenvalue weighted by molar-refractivity contribution is 0.459. The zero-order valence-electron chi connectivity index (χ0n) is 16.0. The Bertz CT molecular complexity index is 848. The summed E-state index contributed by atoms with van der Waals surface area (Å²) in [5.74, 6) is 0. The summed E-state index contributed by atoms with van der Waals surface area (Å²) in [4.78, 5) is 13.7. The third kappa shape index (κ3) is 5.42. The number of nitrogens with zero attached hydrogens (tertiary/aromatic N) is 3. The molecule has 142 valence electrons. The van der Waals surface area contributed by atoms with Gasteiger partial charge in [0, 0.05) is 54.2 Å². The van der Waals surface area contributed by atoms with Crippen LogP contribution in [-0.2, 0) is 13.0 Å². The molecule has 3 heterocycles. The van der Waals surface area contributed by atoms with Crippen molar-refractivity contribution in [3.63, 3.8) is 0 Å². The fraction of sp³-hybridized carbons (Fsp3) is 0.381. The minimum Gasteiger partial charge on any atom is -0.330 e. The van der Waals surface area contributed by atoms with Crippen LogP contribution >= 0.6 is 11.3 Å². The third-order valence-corrected chi connectivity index (χ3v) is 5.44. The van der Waals surface area contributed by atoms with Crippen molar-refractivity contribution in [2.75, 3.05) is 6.54 Å². The van der Waals surface area contributed by atoms with Gasteiger partial charge in [0.2, 0.25) is 0 Å². The zero-order chi connectivity index (χ0) is 19.1. The first-order chi connectivity index (χ1) is 13.2. The monoisotopic (exact) mass is 381 g/mol. The number of hydrogen-bond acceptors (Lipinski definition) is 6. The van der Waals surface area contributed by atoms with Crippen LogP contribution in [0.2, 0.25) is 0 Å². The Morgan fingerprint density at radius 2 is 2.04 bits per heavy atom. The molecule has 0 saturated heterocycles. The molecule has 0 bridgehead atoms. The van der Waals surface area contributed by atoms with E-state index in [1.165, 1.54) is 11.1 Å². The fourth-order valence-electron chi connectivity index (χ4n) is 3.20. The Labute approximate surface area is 165 Å². The lowest BCUT2D eigenvalue weighted by Gasteiger charge is -2.20. The molecule has 0 aromatic carbocycles. The SMILES string of the molecule is Cc1cnc(CC(CCCN)NCc2ncccc2-c2nccs2)c(C)c1. The van der Waals surface area contributed by atoms with Crippen LogP contribution in [-0.4, -0.2) is 27.5 Å². The summed E-state index contributed by atoms with van der Waals surface area (Å²) in [6.07, 6.45) is 8.52. The Morgan fingerprint density at radius 1 is 1.15 bits per heavy atom. The number of nitrogens with two attached hydrogens (primary N) is 1. The Balaban J connectivity index is 1.72. The van der Waals surface area contributed by atoms with Crippen LogP contribution in [0.5, 0.6) is 0 Å². The van der Waals surface area contributed by atoms with Crippen LogP contribution in [0.4, 0.5) is 0 Å². The quantitative estimate of drug-likeness (QED) is 0.591. The molecule has 3 aromatic rings. The normalized spacial score (nSPS) is 12.3. The van der Waals surface area contributed by atoms with Crippen molar-refractivity contribution in [1.82, 2.24) is 20.3 Å². The highest BCUT2D eigenvalue weighted by molar-refractivity contribution is 7.13. The molecule has 0 saturated carbocycles. The highest BCUT2D eigenvalue weighted by atomic mass is 32.1. The standard InChI is InChI=1S/C21H27N5S/c1-15-11-16(2)19(26-13-15)12-17(5-3-7-22)25-14-20-18(6-4-8-23-20)21-24-9-10-27-21/h4,6,8-11,13,17,25H,3,5,7,12,14,22H2,1-2H3. The first-order valence-electron chi connectivity index (χ1n) is 9.36. The lowest BCUT2D eigenvalue weighted by Crippen LogP contribution is -2.32. The second-order valence-electron chi connectivity index (χ2n) is 6.82. The number of aryl methyl sites for hydroxylation is 2. The molecule has 0 aliphatic heterocycles. The average molecular weight is 382 g/mol. The predicted octanol–water partition coefficient (Wildman–Crippen LogP) is 3.66. The molecular formula is C21H27N5S. The minimum atomic E-state index is 0.314. The molecule has 0 fully saturated rings. The Morgan fingerprint density at radius 3 is 2.78 bits per heavy atom. The van der Waals surface area contributed by atoms with Gasteiger partial charge in [-0.1, -0.05) is 6.07 Å². The van der Waals surface area contributed by atoms with E-state index in [4.69, 9.17) is 5.73 Å². The van der Waals surface area contributed by atoms with Crippen LogP contribution in [0.3, 0.4) is 0 Å². The summed E-state index contributed by atoms with van der Waals surface area (Å²) in [6.45, 7) is 5.62. The van der Waals surface area contributed by atoms with Gasteiger partial charge in [-0.3, -0.25) is 9.97 Å². The number of rotatable bonds is 9. The summed E-state index contributed by atoms with van der Waals surface area (Å²) in [5.41, 5.74) is 11.5. The van der Waals surface area contributed by atoms with Crippen molar-refractivity contribution in [1.29, 1.82) is 0 Å². The molecule has 1 atom stereocenters. The lowest BCUT2D eigenvalue weighted by atomic mass is 10.0. The van der Waals surface area contributed by atoms with E-state index in [2.05, 4.69) is 46.2 Å². The fourth-order valence-corrected chi connectivity index (χ4v) is 3.89. The smallest absolute Gasteiger partial charge is 0.125 e. The summed E-state index contributed by atoms with van der Waals surface area (Å²) < 4.78 is 0. The highest BCUT2D eigenvalue weighted by Gasteiger charge is 2.14. The van der Waals surface area contributed by atoms with E-state index >= 15 is 0 Å². The Kier molecular flexibility index (Phi) is 7.04. The molecule has 3 aromatic heterocycles. The summed E-state index contributed by atoms with van der Waals surface area (Å²) in [5, 5.41) is 6.69. The van der Waals surface area contributed by atoms with Gasteiger partial charge in [0.25, 0.3) is 0 Å². The average Bonchev–Trinajstić information content (AvgIpc) is 3.20. The van der Waals surface area contributed by atoms with Gasteiger partial charge >= 0.3 is 0 Å². The van der Waals surface area contributed by atoms with E-state index in [0.717, 1.165) is 41.2 Å². The predicted molar refractivity (Wildman–Crippen MR) is 112 cm³/mol. The van der Waals surface area contributed by atoms with Gasteiger partial charge in [-0.05, 0) is 56.5 Å². The van der Waals surface area contributed by atoms with E-state index in [1.807, 2.05) is 30.0 Å². The van der Waals surface area contributed by atoms with Gasteiger partial charge < -0.3 is 11.1 Å². The van der Waals surface area contributed by atoms with Crippen molar-refractivity contribution in [3.8, 4) is 10.6 Å². The second-order valence-corrected chi connectivity index (χ2v) is 7.72. The molecule has 0 radical (unpaired) electrons. The molecule has 3 rings (SSSR count). The molecule has 1 unspecified atom stereocenters. The number of hydrogen-bond donors (Lipinski definition) is 2. The molecule has 6 heteroatoms. The first-order valence-corrected chi connectivity index (χ1v) is 10.2. The van der Waals surface area contributed by atoms with Crippen LogP contribution in [0.1, 0.15) is 35.4 Å². The third-order valence-electron chi connectivity index (χ3n) is 4.63. The van der Waals surface area contributed by atoms with Crippen molar-refractivity contribution in [2.24, 2.45) is 5.73 Å². The summed E-state index contributed by atoms with van der Waals surface area (Å²) >= 11 is 1.64. The summed E-state index contributed by atoms with van der Waals surface area (Å²) in [6, 6.07) is 6.56. The zero-order valence-corrected chi connectivity index (χ0v) is 16.8. The van der Waals surface area contributed by atoms with E-state index in [0.29, 0.717) is 19.1 Å². The highest BCUT2D eigenvalue weighted by Crippen LogP contribution is 2.24. The van der Waals surface area contributed by atoms with Crippen LogP contribution < -0.4 is 11.1 Å². The maximum atomic E-state index is 5.75. The van der Waals surface area contributed by atoms with Crippen molar-refractivity contribution in [3.05, 3.63) is 64.7 Å². The number of pyridine rings is 2. The van der Waals surface area contributed by atoms with Crippen LogP contribution in [0, 0.1) is 13.8 Å². The van der Waals surface area contributed by atoms with E-state index in [1.54, 1.807) is 11.3 Å². The van der Waals surface area contributed by atoms with Crippen molar-refractivity contribution in [2.45, 2.75) is 45.7 Å².